The molecule has 0 radical (unpaired) electrons. The summed E-state index contributed by atoms with van der Waals surface area (Å²) in [6, 6.07) is 0.00336. The molecular weight excluding hydrogens is 708 g/mol. The molecule has 0 saturated carbocycles. The van der Waals surface area contributed by atoms with Gasteiger partial charge in [0.1, 0.15) is 13.2 Å². The SMILES string of the molecule is CCC(Cl)CC(C)n1cc(C(=O)OCCCCCCn2nnc(C(=O)OCCOCCOCCOC)c2C(=O)OCCOCCOCCOC)nn1. The summed E-state index contributed by atoms with van der Waals surface area (Å²) in [4.78, 5) is 38.4. The number of halogens is 1. The molecule has 0 aliphatic heterocycles. The van der Waals surface area contributed by atoms with Crippen molar-refractivity contribution < 1.29 is 57.0 Å². The number of aryl methyl sites for hydroxylation is 1. The molecule has 0 amide bonds. The van der Waals surface area contributed by atoms with Crippen molar-refractivity contribution >= 4 is 29.5 Å². The highest BCUT2D eigenvalue weighted by Crippen LogP contribution is 2.18. The highest BCUT2D eigenvalue weighted by atomic mass is 35.5. The Bertz CT molecular complexity index is 1270. The van der Waals surface area contributed by atoms with Gasteiger partial charge in [0.2, 0.25) is 5.69 Å². The lowest BCUT2D eigenvalue weighted by Crippen LogP contribution is -2.21. The fraction of sp³-hybridized carbons (Fsp3) is 0.788. The van der Waals surface area contributed by atoms with Crippen LogP contribution >= 0.6 is 11.6 Å². The summed E-state index contributed by atoms with van der Waals surface area (Å²) in [5.74, 6) is -2.16. The summed E-state index contributed by atoms with van der Waals surface area (Å²) in [5.41, 5.74) is -0.233. The van der Waals surface area contributed by atoms with Crippen LogP contribution in [0.1, 0.15) is 89.9 Å². The average molecular weight is 763 g/mol. The van der Waals surface area contributed by atoms with Crippen LogP contribution in [0.25, 0.3) is 0 Å². The van der Waals surface area contributed by atoms with Crippen LogP contribution in [0.2, 0.25) is 0 Å². The van der Waals surface area contributed by atoms with E-state index in [4.69, 9.17) is 54.2 Å². The topological polar surface area (TPSA) is 196 Å². The van der Waals surface area contributed by atoms with Crippen molar-refractivity contribution in [1.29, 1.82) is 0 Å². The van der Waals surface area contributed by atoms with Gasteiger partial charge in [-0.05, 0) is 39.0 Å². The number of aromatic nitrogens is 6. The molecule has 2 aromatic heterocycles. The van der Waals surface area contributed by atoms with Crippen molar-refractivity contribution in [3.8, 4) is 0 Å². The van der Waals surface area contributed by atoms with Crippen LogP contribution in [0, 0.1) is 0 Å². The zero-order valence-corrected chi connectivity index (χ0v) is 31.6. The summed E-state index contributed by atoms with van der Waals surface area (Å²) in [6.45, 7) is 7.86. The van der Waals surface area contributed by atoms with Crippen LogP contribution in [0.5, 0.6) is 0 Å². The Morgan fingerprint density at radius 1 is 0.673 bits per heavy atom. The largest absolute Gasteiger partial charge is 0.461 e. The van der Waals surface area contributed by atoms with Gasteiger partial charge in [0.05, 0.1) is 84.9 Å². The Morgan fingerprint density at radius 3 is 1.81 bits per heavy atom. The quantitative estimate of drug-likeness (QED) is 0.0456. The molecule has 2 heterocycles. The fourth-order valence-electron chi connectivity index (χ4n) is 4.45. The number of esters is 3. The minimum atomic E-state index is -0.830. The summed E-state index contributed by atoms with van der Waals surface area (Å²) in [6.07, 6.45) is 5.80. The minimum Gasteiger partial charge on any atom is -0.461 e. The number of alkyl halides is 1. The Morgan fingerprint density at radius 2 is 1.21 bits per heavy atom. The predicted octanol–water partition coefficient (Wildman–Crippen LogP) is 2.93. The van der Waals surface area contributed by atoms with E-state index in [1.807, 2.05) is 13.8 Å². The highest BCUT2D eigenvalue weighted by Gasteiger charge is 2.28. The van der Waals surface area contributed by atoms with E-state index in [9.17, 15) is 14.4 Å². The maximum absolute atomic E-state index is 13.1. The Kier molecular flexibility index (Phi) is 24.4. The molecule has 0 saturated heterocycles. The maximum Gasteiger partial charge on any atom is 0.361 e. The van der Waals surface area contributed by atoms with Crippen molar-refractivity contribution in [2.45, 2.75) is 70.3 Å². The van der Waals surface area contributed by atoms with Crippen LogP contribution in [0.3, 0.4) is 0 Å². The van der Waals surface area contributed by atoms with Gasteiger partial charge < -0.3 is 42.6 Å². The number of carbonyl (C=O) groups is 3. The van der Waals surface area contributed by atoms with Crippen LogP contribution in [-0.2, 0) is 49.2 Å². The number of carbonyl (C=O) groups excluding carboxylic acids is 3. The summed E-state index contributed by atoms with van der Waals surface area (Å²) in [7, 11) is 3.18. The Hall–Kier alpha value is -3.26. The number of hydrogen-bond donors (Lipinski definition) is 0. The minimum absolute atomic E-state index is 0.00336. The van der Waals surface area contributed by atoms with E-state index in [-0.39, 0.29) is 68.1 Å². The van der Waals surface area contributed by atoms with Gasteiger partial charge in [-0.2, -0.15) is 0 Å². The molecule has 2 atom stereocenters. The molecule has 0 aliphatic carbocycles. The third-order valence-electron chi connectivity index (χ3n) is 7.36. The molecular formula is C33H55ClN6O12. The highest BCUT2D eigenvalue weighted by molar-refractivity contribution is 6.20. The normalized spacial score (nSPS) is 12.5. The second-order valence-corrected chi connectivity index (χ2v) is 12.1. The van der Waals surface area contributed by atoms with Gasteiger partial charge >= 0.3 is 17.9 Å². The number of ether oxygens (including phenoxy) is 9. The molecule has 2 rings (SSSR count). The van der Waals surface area contributed by atoms with Gasteiger partial charge in [0, 0.05) is 26.1 Å². The van der Waals surface area contributed by atoms with Gasteiger partial charge in [0.15, 0.2) is 11.4 Å². The number of hydrogen-bond acceptors (Lipinski definition) is 16. The van der Waals surface area contributed by atoms with E-state index in [0.29, 0.717) is 72.1 Å². The predicted molar refractivity (Wildman–Crippen MR) is 186 cm³/mol. The second kappa shape index (κ2) is 28.3. The summed E-state index contributed by atoms with van der Waals surface area (Å²) < 4.78 is 50.3. The van der Waals surface area contributed by atoms with E-state index in [1.54, 1.807) is 25.1 Å². The molecule has 19 heteroatoms. The smallest absolute Gasteiger partial charge is 0.361 e. The van der Waals surface area contributed by atoms with E-state index in [0.717, 1.165) is 19.3 Å². The number of rotatable bonds is 32. The Labute approximate surface area is 309 Å². The lowest BCUT2D eigenvalue weighted by molar-refractivity contribution is 0.00380. The van der Waals surface area contributed by atoms with Gasteiger partial charge in [-0.15, -0.1) is 21.8 Å². The van der Waals surface area contributed by atoms with Gasteiger partial charge in [0.25, 0.3) is 0 Å². The van der Waals surface area contributed by atoms with Crippen LogP contribution in [0.4, 0.5) is 0 Å². The van der Waals surface area contributed by atoms with E-state index >= 15 is 0 Å². The first-order valence-corrected chi connectivity index (χ1v) is 18.0. The third-order valence-corrected chi connectivity index (χ3v) is 7.85. The van der Waals surface area contributed by atoms with E-state index < -0.39 is 17.9 Å². The lowest BCUT2D eigenvalue weighted by atomic mass is 10.1. The molecule has 0 spiro atoms. The maximum atomic E-state index is 13.1. The van der Waals surface area contributed by atoms with Crippen molar-refractivity contribution in [2.75, 3.05) is 100 Å². The Balaban J connectivity index is 1.81. The summed E-state index contributed by atoms with van der Waals surface area (Å²) in [5, 5.41) is 15.9. The molecule has 52 heavy (non-hydrogen) atoms. The summed E-state index contributed by atoms with van der Waals surface area (Å²) >= 11 is 6.24. The monoisotopic (exact) mass is 762 g/mol. The van der Waals surface area contributed by atoms with Crippen molar-refractivity contribution in [3.63, 3.8) is 0 Å². The van der Waals surface area contributed by atoms with Gasteiger partial charge in [-0.1, -0.05) is 23.8 Å². The van der Waals surface area contributed by atoms with Crippen LogP contribution < -0.4 is 0 Å². The first kappa shape index (κ1) is 44.9. The molecule has 0 N–H and O–H groups in total. The van der Waals surface area contributed by atoms with Crippen molar-refractivity contribution in [1.82, 2.24) is 30.0 Å². The van der Waals surface area contributed by atoms with Crippen molar-refractivity contribution in [2.24, 2.45) is 0 Å². The molecule has 2 unspecified atom stereocenters. The van der Waals surface area contributed by atoms with Crippen molar-refractivity contribution in [3.05, 3.63) is 23.3 Å². The van der Waals surface area contributed by atoms with Crippen LogP contribution in [-0.4, -0.2) is 153 Å². The van der Waals surface area contributed by atoms with E-state index in [2.05, 4.69) is 20.6 Å². The van der Waals surface area contributed by atoms with Gasteiger partial charge in [-0.25, -0.2) is 23.7 Å². The molecule has 18 nitrogen and oxygen atoms in total. The molecule has 0 aromatic carbocycles. The zero-order chi connectivity index (χ0) is 37.8. The standard InChI is InChI=1S/C33H55ClN6O12/c1-5-27(34)24-26(2)40-25-28(35-37-40)31(41)50-11-9-7-6-8-10-39-30(33(43)52-23-21-49-19-17-47-15-13-45-4)29(36-38-39)32(42)51-22-20-48-18-16-46-14-12-44-3/h25-27H,5-24H2,1-4H3. The van der Waals surface area contributed by atoms with Gasteiger partial charge in [-0.3, -0.25) is 0 Å². The number of methoxy groups -OCH3 is 2. The molecule has 2 aromatic rings. The lowest BCUT2D eigenvalue weighted by Gasteiger charge is -2.13. The zero-order valence-electron chi connectivity index (χ0n) is 30.8. The molecule has 0 aliphatic rings. The second-order valence-electron chi connectivity index (χ2n) is 11.4. The van der Waals surface area contributed by atoms with E-state index in [1.165, 1.54) is 4.68 Å². The number of unbranched alkanes of at least 4 members (excludes halogenated alkanes) is 3. The molecule has 296 valence electrons. The molecule has 0 bridgehead atoms. The average Bonchev–Trinajstić information content (AvgIpc) is 3.81. The first-order valence-electron chi connectivity index (χ1n) is 17.6. The first-order chi connectivity index (χ1) is 25.3. The molecule has 0 fully saturated rings. The fourth-order valence-corrected chi connectivity index (χ4v) is 4.71. The van der Waals surface area contributed by atoms with Crippen LogP contribution in [0.15, 0.2) is 6.20 Å². The number of nitrogens with zero attached hydrogens (tertiary/aromatic N) is 6. The third kappa shape index (κ3) is 18.5.